The Labute approximate surface area is 239 Å². The fourth-order valence-electron chi connectivity index (χ4n) is 4.43. The minimum absolute atomic E-state index is 0. The number of nitrogens with one attached hydrogen (secondary N) is 2. The van der Waals surface area contributed by atoms with Crippen LogP contribution in [-0.4, -0.2) is 34.7 Å². The summed E-state index contributed by atoms with van der Waals surface area (Å²) >= 11 is 0. The molecule has 4 rings (SSSR count). The first-order valence-electron chi connectivity index (χ1n) is 11.3. The molecule has 2 N–H and O–H groups in total. The molecule has 0 bridgehead atoms. The fraction of sp³-hybridized carbons (Fsp3) is 0.360. The van der Waals surface area contributed by atoms with E-state index < -0.39 is 37.0 Å². The molecule has 2 aliphatic rings. The van der Waals surface area contributed by atoms with E-state index in [4.69, 9.17) is 0 Å². The van der Waals surface area contributed by atoms with Gasteiger partial charge in [-0.25, -0.2) is 8.42 Å². The van der Waals surface area contributed by atoms with Crippen LogP contribution in [0.15, 0.2) is 57.3 Å². The second-order valence-electron chi connectivity index (χ2n) is 10.6. The molecule has 1 heterocycles. The van der Waals surface area contributed by atoms with Crippen molar-refractivity contribution in [2.24, 2.45) is 9.81 Å². The number of carbonyl (C=O) groups excluding carboxylic acids is 1. The molecule has 1 atom stereocenters. The summed E-state index contributed by atoms with van der Waals surface area (Å²) in [5.41, 5.74) is -0.347. The smallest absolute Gasteiger partial charge is 0.871 e. The third-order valence-corrected chi connectivity index (χ3v) is 8.28. The van der Waals surface area contributed by atoms with Gasteiger partial charge in [0, 0.05) is 5.69 Å². The summed E-state index contributed by atoms with van der Waals surface area (Å²) in [5, 5.41) is 16.3. The van der Waals surface area contributed by atoms with Crippen molar-refractivity contribution >= 4 is 48.8 Å². The molecule has 9 nitrogen and oxygen atoms in total. The Morgan fingerprint density at radius 3 is 2.41 bits per heavy atom. The van der Waals surface area contributed by atoms with E-state index in [-0.39, 0.29) is 62.7 Å². The van der Waals surface area contributed by atoms with Gasteiger partial charge in [-0.3, -0.25) is 9.52 Å². The number of hydrogen-bond donors (Lipinski definition) is 2. The van der Waals surface area contributed by atoms with Crippen molar-refractivity contribution in [2.45, 2.75) is 50.8 Å². The second-order valence-corrected chi connectivity index (χ2v) is 13.9. The van der Waals surface area contributed by atoms with Crippen LogP contribution in [0.25, 0.3) is 5.76 Å². The predicted octanol–water partition coefficient (Wildman–Crippen LogP) is 0.0131. The van der Waals surface area contributed by atoms with Gasteiger partial charge in [0.15, 0.2) is 11.6 Å². The van der Waals surface area contributed by atoms with Crippen LogP contribution in [0.5, 0.6) is 0 Å². The van der Waals surface area contributed by atoms with E-state index >= 15 is 0 Å². The molecular weight excluding hydrogens is 525 g/mol. The Morgan fingerprint density at radius 2 is 1.78 bits per heavy atom. The number of anilines is 2. The van der Waals surface area contributed by atoms with Crippen LogP contribution >= 0.6 is 0 Å². The van der Waals surface area contributed by atoms with E-state index in [2.05, 4.69) is 35.2 Å². The zero-order chi connectivity index (χ0) is 26.7. The number of amidine groups is 1. The van der Waals surface area contributed by atoms with Gasteiger partial charge >= 0.3 is 29.6 Å². The Balaban J connectivity index is 0.00000380. The summed E-state index contributed by atoms with van der Waals surface area (Å²) in [6, 6.07) is 10.8. The van der Waals surface area contributed by atoms with E-state index in [1.807, 2.05) is 0 Å². The summed E-state index contributed by atoms with van der Waals surface area (Å²) in [7, 11) is -7.99. The van der Waals surface area contributed by atoms with Crippen LogP contribution in [0.4, 0.5) is 11.4 Å². The molecule has 1 aliphatic heterocycles. The van der Waals surface area contributed by atoms with E-state index in [1.165, 1.54) is 12.1 Å². The average Bonchev–Trinajstić information content (AvgIpc) is 2.75. The summed E-state index contributed by atoms with van der Waals surface area (Å²) in [4.78, 5) is 13.6. The molecule has 0 aromatic heterocycles. The Hall–Kier alpha value is -2.18. The van der Waals surface area contributed by atoms with Gasteiger partial charge in [0.2, 0.25) is 10.0 Å². The first kappa shape index (κ1) is 29.4. The summed E-state index contributed by atoms with van der Waals surface area (Å²) in [5.74, 6) is -1.42. The van der Waals surface area contributed by atoms with Crippen LogP contribution in [0.1, 0.15) is 51.7 Å². The maximum Gasteiger partial charge on any atom is 1.00 e. The van der Waals surface area contributed by atoms with Crippen LogP contribution in [-0.2, 0) is 30.3 Å². The number of Topliss-reactive ketones (excluding diaryl/α,β-unsaturated/α-hetero) is 1. The Morgan fingerprint density at radius 1 is 1.14 bits per heavy atom. The molecule has 0 unspecified atom stereocenters. The number of benzene rings is 2. The van der Waals surface area contributed by atoms with Crippen LogP contribution in [0.2, 0.25) is 0 Å². The Kier molecular flexibility index (Phi) is 7.82. The van der Waals surface area contributed by atoms with Gasteiger partial charge in [-0.2, -0.15) is 8.42 Å². The molecule has 2 aromatic carbocycles. The average molecular weight is 554 g/mol. The van der Waals surface area contributed by atoms with Gasteiger partial charge in [0.05, 0.1) is 22.9 Å². The van der Waals surface area contributed by atoms with Crippen LogP contribution in [0.3, 0.4) is 0 Å². The SMILES string of the molecule is CC(C)(C)CC[C@]1(C)C(=O)C(C2=NS(=O)(=O)c3cc(NS(C)(=O)=O)ccc3N2)=C([O-])c2ccccc21.[Na+]. The molecular formula is C25H28N3NaO6S2. The molecule has 0 saturated carbocycles. The first-order chi connectivity index (χ1) is 16.5. The zero-order valence-corrected chi connectivity index (χ0v) is 25.3. The molecule has 12 heteroatoms. The van der Waals surface area contributed by atoms with Gasteiger partial charge < -0.3 is 10.4 Å². The third-order valence-electron chi connectivity index (χ3n) is 6.36. The normalized spacial score (nSPS) is 20.7. The van der Waals surface area contributed by atoms with Gasteiger partial charge in [-0.1, -0.05) is 50.8 Å². The fourth-order valence-corrected chi connectivity index (χ4v) is 6.13. The van der Waals surface area contributed by atoms with Crippen molar-refractivity contribution in [3.8, 4) is 0 Å². The van der Waals surface area contributed by atoms with Crippen molar-refractivity contribution in [1.29, 1.82) is 0 Å². The van der Waals surface area contributed by atoms with E-state index in [0.29, 0.717) is 24.0 Å². The van der Waals surface area contributed by atoms with Crippen LogP contribution < -0.4 is 44.7 Å². The topological polar surface area (TPSA) is 145 Å². The van der Waals surface area contributed by atoms with Crippen molar-refractivity contribution < 1.29 is 56.3 Å². The van der Waals surface area contributed by atoms with Gasteiger partial charge in [-0.15, -0.1) is 4.40 Å². The van der Waals surface area contributed by atoms with Crippen molar-refractivity contribution in [3.63, 3.8) is 0 Å². The number of rotatable bonds is 5. The predicted molar refractivity (Wildman–Crippen MR) is 138 cm³/mol. The van der Waals surface area contributed by atoms with Gasteiger partial charge in [0.25, 0.3) is 10.0 Å². The van der Waals surface area contributed by atoms with Crippen LogP contribution in [0, 0.1) is 5.41 Å². The van der Waals surface area contributed by atoms with E-state index in [9.17, 15) is 26.7 Å². The van der Waals surface area contributed by atoms with E-state index in [1.54, 1.807) is 31.2 Å². The van der Waals surface area contributed by atoms with Gasteiger partial charge in [0.1, 0.15) is 4.90 Å². The molecule has 0 spiro atoms. The first-order valence-corrected chi connectivity index (χ1v) is 14.7. The number of sulfonamides is 2. The maximum absolute atomic E-state index is 13.9. The molecule has 0 radical (unpaired) electrons. The standard InChI is InChI=1S/C25H29N3O6S2.Na/c1-24(2,3)12-13-25(4)17-9-7-6-8-16(17)21(29)20(22(25)30)23-26-18-11-10-15(27-35(5,31)32)14-19(18)36(33,34)28-23;/h6-11,14,27,29H,12-13H2,1-5H3,(H,26,28);/q;+1/p-1/t25-;/m0./s1. The number of hydrogen-bond acceptors (Lipinski definition) is 7. The van der Waals surface area contributed by atoms with Crippen molar-refractivity contribution in [2.75, 3.05) is 16.3 Å². The molecule has 0 fully saturated rings. The number of fused-ring (bicyclic) bond motifs is 2. The minimum Gasteiger partial charge on any atom is -0.871 e. The largest absolute Gasteiger partial charge is 1.00 e. The minimum atomic E-state index is -4.35. The molecule has 0 amide bonds. The zero-order valence-electron chi connectivity index (χ0n) is 21.7. The van der Waals surface area contributed by atoms with Crippen molar-refractivity contribution in [1.82, 2.24) is 0 Å². The summed E-state index contributed by atoms with van der Waals surface area (Å²) in [6.45, 7) is 7.97. The van der Waals surface area contributed by atoms with Gasteiger partial charge in [-0.05, 0) is 54.5 Å². The monoisotopic (exact) mass is 553 g/mol. The third kappa shape index (κ3) is 5.80. The molecule has 37 heavy (non-hydrogen) atoms. The quantitative estimate of drug-likeness (QED) is 0.497. The molecule has 192 valence electrons. The van der Waals surface area contributed by atoms with Crippen molar-refractivity contribution in [3.05, 3.63) is 59.2 Å². The second kappa shape index (κ2) is 9.85. The molecule has 0 saturated heterocycles. The maximum atomic E-state index is 13.9. The Bertz CT molecular complexity index is 1560. The molecule has 1 aliphatic carbocycles. The summed E-state index contributed by atoms with van der Waals surface area (Å²) in [6.07, 6.45) is 2.10. The summed E-state index contributed by atoms with van der Waals surface area (Å²) < 4.78 is 55.3. The molecule has 2 aromatic rings. The number of nitrogens with zero attached hydrogens (tertiary/aromatic N) is 1. The number of carbonyl (C=O) groups is 1. The number of ketones is 1. The van der Waals surface area contributed by atoms with E-state index in [0.717, 1.165) is 12.3 Å².